The number of hydrogen-bond donors (Lipinski definition) is 6. The van der Waals surface area contributed by atoms with Crippen molar-refractivity contribution < 1.29 is 29.1 Å². The van der Waals surface area contributed by atoms with Crippen molar-refractivity contribution >= 4 is 29.6 Å². The Balaban J connectivity index is 5.65. The number of carbonyl (C=O) groups excluding carboxylic acids is 4. The van der Waals surface area contributed by atoms with Crippen molar-refractivity contribution in [1.29, 1.82) is 0 Å². The summed E-state index contributed by atoms with van der Waals surface area (Å²) >= 11 is 0. The first kappa shape index (κ1) is 31.3. The molecule has 0 fully saturated rings. The lowest BCUT2D eigenvalue weighted by molar-refractivity contribution is -0.144. The number of carboxylic acid groups (broad SMARTS) is 1. The van der Waals surface area contributed by atoms with Gasteiger partial charge in [-0.2, -0.15) is 0 Å². The minimum atomic E-state index is -1.16. The third kappa shape index (κ3) is 11.0. The van der Waals surface area contributed by atoms with Crippen LogP contribution >= 0.6 is 0 Å². The number of hydrogen-bond acceptors (Lipinski definition) is 6. The second-order valence-electron chi connectivity index (χ2n) is 9.38. The number of rotatable bonds is 16. The molecule has 0 aromatic carbocycles. The Labute approximate surface area is 202 Å². The van der Waals surface area contributed by atoms with Gasteiger partial charge in [0.25, 0.3) is 0 Å². The quantitative estimate of drug-likeness (QED) is 0.180. The fourth-order valence-electron chi connectivity index (χ4n) is 3.25. The summed E-state index contributed by atoms with van der Waals surface area (Å²) in [4.78, 5) is 61.4. The van der Waals surface area contributed by atoms with Crippen LogP contribution in [0.3, 0.4) is 0 Å². The molecule has 196 valence electrons. The highest BCUT2D eigenvalue weighted by atomic mass is 16.4. The molecule has 0 heterocycles. The minimum absolute atomic E-state index is 0.000383. The average molecular weight is 486 g/mol. The Kier molecular flexibility index (Phi) is 14.1. The summed E-state index contributed by atoms with van der Waals surface area (Å²) in [5.74, 6) is -4.12. The van der Waals surface area contributed by atoms with Crippen molar-refractivity contribution in [1.82, 2.24) is 16.0 Å². The molecule has 0 aromatic rings. The van der Waals surface area contributed by atoms with Crippen LogP contribution in [0.1, 0.15) is 73.6 Å². The van der Waals surface area contributed by atoms with Crippen LogP contribution in [0.15, 0.2) is 0 Å². The number of carbonyl (C=O) groups is 5. The summed E-state index contributed by atoms with van der Waals surface area (Å²) in [5.41, 5.74) is 11.2. The number of carboxylic acids is 1. The van der Waals surface area contributed by atoms with E-state index < -0.39 is 53.8 Å². The lowest BCUT2D eigenvalue weighted by Gasteiger charge is -2.27. The highest BCUT2D eigenvalue weighted by Crippen LogP contribution is 2.12. The number of nitrogens with one attached hydrogen (secondary N) is 3. The van der Waals surface area contributed by atoms with E-state index in [-0.39, 0.29) is 37.0 Å². The summed E-state index contributed by atoms with van der Waals surface area (Å²) < 4.78 is 0. The van der Waals surface area contributed by atoms with Gasteiger partial charge in [-0.1, -0.05) is 54.4 Å². The zero-order valence-corrected chi connectivity index (χ0v) is 21.2. The fourth-order valence-corrected chi connectivity index (χ4v) is 3.25. The maximum absolute atomic E-state index is 13.0. The summed E-state index contributed by atoms with van der Waals surface area (Å²) in [6, 6.07) is -4.13. The van der Waals surface area contributed by atoms with Gasteiger partial charge in [-0.05, 0) is 30.6 Å². The number of aliphatic carboxylic acids is 1. The Morgan fingerprint density at radius 2 is 1.29 bits per heavy atom. The van der Waals surface area contributed by atoms with E-state index in [0.717, 1.165) is 0 Å². The Morgan fingerprint density at radius 1 is 0.794 bits per heavy atom. The number of primary amides is 1. The molecule has 0 aliphatic carbocycles. The van der Waals surface area contributed by atoms with E-state index in [4.69, 9.17) is 11.5 Å². The first-order valence-electron chi connectivity index (χ1n) is 11.9. The predicted octanol–water partition coefficient (Wildman–Crippen LogP) is 0.257. The molecule has 0 saturated carbocycles. The van der Waals surface area contributed by atoms with E-state index in [1.54, 1.807) is 6.92 Å². The molecule has 0 radical (unpaired) electrons. The molecule has 0 spiro atoms. The number of amides is 4. The molecule has 4 amide bonds. The third-order valence-electron chi connectivity index (χ3n) is 5.99. The van der Waals surface area contributed by atoms with Crippen LogP contribution in [0.25, 0.3) is 0 Å². The second-order valence-corrected chi connectivity index (χ2v) is 9.38. The maximum Gasteiger partial charge on any atom is 0.326 e. The second kappa shape index (κ2) is 15.3. The minimum Gasteiger partial charge on any atom is -0.480 e. The van der Waals surface area contributed by atoms with E-state index in [9.17, 15) is 29.1 Å². The topological polar surface area (TPSA) is 194 Å². The van der Waals surface area contributed by atoms with Crippen LogP contribution in [0.4, 0.5) is 0 Å². The summed E-state index contributed by atoms with van der Waals surface area (Å²) in [6.07, 6.45) is 1.21. The van der Waals surface area contributed by atoms with Crippen molar-refractivity contribution in [3.05, 3.63) is 0 Å². The van der Waals surface area contributed by atoms with Gasteiger partial charge in [-0.25, -0.2) is 4.79 Å². The van der Waals surface area contributed by atoms with Gasteiger partial charge in [0.15, 0.2) is 0 Å². The number of nitrogens with two attached hydrogens (primary N) is 2. The Bertz CT molecular complexity index is 714. The first-order valence-corrected chi connectivity index (χ1v) is 11.9. The van der Waals surface area contributed by atoms with Gasteiger partial charge in [0.2, 0.25) is 23.6 Å². The average Bonchev–Trinajstić information content (AvgIpc) is 2.76. The molecule has 11 heteroatoms. The summed E-state index contributed by atoms with van der Waals surface area (Å²) in [6.45, 7) is 10.9. The van der Waals surface area contributed by atoms with Gasteiger partial charge in [-0.15, -0.1) is 0 Å². The molecular formula is C23H43N5O6. The van der Waals surface area contributed by atoms with Crippen LogP contribution in [0.5, 0.6) is 0 Å². The Morgan fingerprint density at radius 3 is 1.74 bits per heavy atom. The van der Waals surface area contributed by atoms with Gasteiger partial charge in [0, 0.05) is 6.42 Å². The van der Waals surface area contributed by atoms with E-state index in [2.05, 4.69) is 16.0 Å². The molecule has 0 rings (SSSR count). The van der Waals surface area contributed by atoms with E-state index >= 15 is 0 Å². The fraction of sp³-hybridized carbons (Fsp3) is 0.783. The van der Waals surface area contributed by atoms with Crippen LogP contribution in [0, 0.1) is 17.8 Å². The van der Waals surface area contributed by atoms with Gasteiger partial charge in [0.05, 0.1) is 6.04 Å². The summed E-state index contributed by atoms with van der Waals surface area (Å²) in [5, 5.41) is 17.2. The molecule has 0 bridgehead atoms. The largest absolute Gasteiger partial charge is 0.480 e. The van der Waals surface area contributed by atoms with Gasteiger partial charge >= 0.3 is 5.97 Å². The van der Waals surface area contributed by atoms with Crippen LogP contribution < -0.4 is 27.4 Å². The smallest absolute Gasteiger partial charge is 0.326 e. The standard InChI is InChI=1S/C23H43N5O6/c1-7-13(5)18(25)22(32)26-15(9-10-17(24)29)20(30)27-16(11-12(3)4)21(31)28-19(23(33)34)14(6)8-2/h12-16,18-19H,7-11,25H2,1-6H3,(H2,24,29)(H,26,32)(H,27,30)(H,28,31)(H,33,34). The molecule has 11 nitrogen and oxygen atoms in total. The molecular weight excluding hydrogens is 442 g/mol. The lowest BCUT2D eigenvalue weighted by atomic mass is 9.97. The van der Waals surface area contributed by atoms with Crippen molar-refractivity contribution in [3.63, 3.8) is 0 Å². The first-order chi connectivity index (χ1) is 15.7. The molecule has 6 atom stereocenters. The summed E-state index contributed by atoms with van der Waals surface area (Å²) in [7, 11) is 0. The molecule has 6 unspecified atom stereocenters. The van der Waals surface area contributed by atoms with Crippen molar-refractivity contribution in [2.24, 2.45) is 29.2 Å². The van der Waals surface area contributed by atoms with Crippen molar-refractivity contribution in [2.75, 3.05) is 0 Å². The van der Waals surface area contributed by atoms with E-state index in [1.165, 1.54) is 0 Å². The molecule has 0 aromatic heterocycles. The molecule has 0 aliphatic rings. The molecule has 0 saturated heterocycles. The highest BCUT2D eigenvalue weighted by molar-refractivity contribution is 5.94. The normalized spacial score (nSPS) is 16.5. The molecule has 34 heavy (non-hydrogen) atoms. The predicted molar refractivity (Wildman–Crippen MR) is 128 cm³/mol. The van der Waals surface area contributed by atoms with Crippen molar-refractivity contribution in [3.8, 4) is 0 Å². The van der Waals surface area contributed by atoms with E-state index in [0.29, 0.717) is 12.8 Å². The maximum atomic E-state index is 13.0. The Hall–Kier alpha value is -2.69. The molecule has 8 N–H and O–H groups in total. The van der Waals surface area contributed by atoms with Crippen LogP contribution in [-0.4, -0.2) is 58.9 Å². The lowest BCUT2D eigenvalue weighted by Crippen LogP contribution is -2.58. The van der Waals surface area contributed by atoms with Crippen molar-refractivity contribution in [2.45, 2.75) is 97.8 Å². The van der Waals surface area contributed by atoms with Gasteiger partial charge < -0.3 is 32.5 Å². The zero-order valence-electron chi connectivity index (χ0n) is 21.2. The van der Waals surface area contributed by atoms with Crippen LogP contribution in [-0.2, 0) is 24.0 Å². The van der Waals surface area contributed by atoms with E-state index in [1.807, 2.05) is 34.6 Å². The molecule has 0 aliphatic heterocycles. The monoisotopic (exact) mass is 485 g/mol. The van der Waals surface area contributed by atoms with Gasteiger partial charge in [0.1, 0.15) is 18.1 Å². The van der Waals surface area contributed by atoms with Crippen LogP contribution in [0.2, 0.25) is 0 Å². The zero-order chi connectivity index (χ0) is 26.6. The van der Waals surface area contributed by atoms with Gasteiger partial charge in [-0.3, -0.25) is 19.2 Å². The highest BCUT2D eigenvalue weighted by Gasteiger charge is 2.32. The third-order valence-corrected chi connectivity index (χ3v) is 5.99. The SMILES string of the molecule is CCC(C)C(N)C(=O)NC(CCC(N)=O)C(=O)NC(CC(C)C)C(=O)NC(C(=O)O)C(C)CC.